The molecule has 0 atom stereocenters. The molecule has 4 aromatic carbocycles. The van der Waals surface area contributed by atoms with Gasteiger partial charge in [-0.1, -0.05) is 54.1 Å². The topological polar surface area (TPSA) is 67.2 Å². The van der Waals surface area contributed by atoms with E-state index in [-0.39, 0.29) is 34.5 Å². The highest BCUT2D eigenvalue weighted by atomic mass is 35.5. The molecule has 0 spiro atoms. The molecule has 10 heteroatoms. The molecule has 0 fully saturated rings. The second kappa shape index (κ2) is 10.4. The van der Waals surface area contributed by atoms with Crippen LogP contribution < -0.4 is 5.32 Å². The molecular formula is C29H20ClF4N3O2. The van der Waals surface area contributed by atoms with Gasteiger partial charge in [0.25, 0.3) is 0 Å². The molecule has 5 nitrogen and oxygen atoms in total. The number of halogens is 5. The summed E-state index contributed by atoms with van der Waals surface area (Å²) in [7, 11) is 0. The fourth-order valence-corrected chi connectivity index (χ4v) is 4.58. The zero-order valence-electron chi connectivity index (χ0n) is 20.1. The minimum absolute atomic E-state index is 0.110. The van der Waals surface area contributed by atoms with Crippen molar-refractivity contribution in [1.82, 2.24) is 9.78 Å². The highest BCUT2D eigenvalue weighted by molar-refractivity contribution is 6.30. The van der Waals surface area contributed by atoms with Crippen molar-refractivity contribution in [3.63, 3.8) is 0 Å². The summed E-state index contributed by atoms with van der Waals surface area (Å²) in [4.78, 5) is 11.0. The van der Waals surface area contributed by atoms with Crippen LogP contribution in [0.4, 0.5) is 28.9 Å². The van der Waals surface area contributed by atoms with Gasteiger partial charge in [-0.2, -0.15) is 18.3 Å². The van der Waals surface area contributed by atoms with E-state index in [4.69, 9.17) is 16.7 Å². The first-order valence-corrected chi connectivity index (χ1v) is 12.1. The Morgan fingerprint density at radius 2 is 1.69 bits per heavy atom. The van der Waals surface area contributed by atoms with E-state index in [1.54, 1.807) is 54.6 Å². The van der Waals surface area contributed by atoms with Gasteiger partial charge < -0.3 is 10.4 Å². The van der Waals surface area contributed by atoms with E-state index in [1.807, 2.05) is 0 Å². The molecular weight excluding hydrogens is 534 g/mol. The zero-order chi connectivity index (χ0) is 27.7. The van der Waals surface area contributed by atoms with Crippen molar-refractivity contribution in [3.8, 4) is 11.3 Å². The number of nitrogens with zero attached hydrogens (tertiary/aromatic N) is 2. The first-order chi connectivity index (χ1) is 18.6. The number of carbonyl (C=O) groups is 1. The van der Waals surface area contributed by atoms with E-state index in [9.17, 15) is 22.4 Å². The van der Waals surface area contributed by atoms with Crippen molar-refractivity contribution in [2.24, 2.45) is 0 Å². The second-order valence-electron chi connectivity index (χ2n) is 8.91. The molecule has 0 aliphatic carbocycles. The van der Waals surface area contributed by atoms with Crippen molar-refractivity contribution in [1.29, 1.82) is 0 Å². The first-order valence-electron chi connectivity index (χ1n) is 11.8. The lowest BCUT2D eigenvalue weighted by Gasteiger charge is -2.12. The Labute approximate surface area is 225 Å². The van der Waals surface area contributed by atoms with Crippen molar-refractivity contribution >= 4 is 39.8 Å². The van der Waals surface area contributed by atoms with Crippen LogP contribution in [0.15, 0.2) is 84.9 Å². The van der Waals surface area contributed by atoms with E-state index in [1.165, 1.54) is 22.9 Å². The molecule has 0 saturated heterocycles. The Morgan fingerprint density at radius 3 is 2.38 bits per heavy atom. The van der Waals surface area contributed by atoms with Crippen LogP contribution in [-0.2, 0) is 23.9 Å². The van der Waals surface area contributed by atoms with E-state index in [0.29, 0.717) is 28.2 Å². The maximum atomic E-state index is 14.6. The van der Waals surface area contributed by atoms with Crippen LogP contribution >= 0.6 is 11.6 Å². The highest BCUT2D eigenvalue weighted by Gasteiger charge is 2.34. The van der Waals surface area contributed by atoms with Gasteiger partial charge in [0.1, 0.15) is 11.3 Å². The number of hydrogen-bond donors (Lipinski definition) is 2. The molecule has 0 unspecified atom stereocenters. The van der Waals surface area contributed by atoms with Gasteiger partial charge in [0.2, 0.25) is 0 Å². The Hall–Kier alpha value is -4.37. The van der Waals surface area contributed by atoms with Gasteiger partial charge in [-0.05, 0) is 48.0 Å². The third-order valence-electron chi connectivity index (χ3n) is 6.14. The smallest absolute Gasteiger partial charge is 0.418 e. The largest absolute Gasteiger partial charge is 0.481 e. The van der Waals surface area contributed by atoms with Crippen molar-refractivity contribution in [2.45, 2.75) is 19.1 Å². The Bertz CT molecular complexity index is 1680. The van der Waals surface area contributed by atoms with E-state index in [0.717, 1.165) is 12.1 Å². The summed E-state index contributed by atoms with van der Waals surface area (Å²) in [5, 5.41) is 17.0. The fourth-order valence-electron chi connectivity index (χ4n) is 4.42. The van der Waals surface area contributed by atoms with Gasteiger partial charge in [0.05, 0.1) is 24.2 Å². The summed E-state index contributed by atoms with van der Waals surface area (Å²) in [6.45, 7) is -0.110. The standard InChI is InChI=1S/C29H20ClF4N3O2/c30-20-10-7-19(25(31)15-20)16-37-28(23-5-2-6-24(27(23)36-37)29(32,33)34)18-8-11-21(12-9-18)35-22-4-1-3-17(13-22)14-26(38)39/h1-13,15,35H,14,16H2,(H,38,39). The molecule has 0 aliphatic heterocycles. The van der Waals surface area contributed by atoms with Gasteiger partial charge in [0.15, 0.2) is 0 Å². The van der Waals surface area contributed by atoms with Gasteiger partial charge in [-0.3, -0.25) is 9.48 Å². The van der Waals surface area contributed by atoms with Crippen molar-refractivity contribution in [2.75, 3.05) is 5.32 Å². The number of carboxylic acids is 1. The van der Waals surface area contributed by atoms with Crippen molar-refractivity contribution in [3.05, 3.63) is 112 Å². The Balaban J connectivity index is 1.55. The zero-order valence-corrected chi connectivity index (χ0v) is 20.9. The monoisotopic (exact) mass is 553 g/mol. The third-order valence-corrected chi connectivity index (χ3v) is 6.38. The van der Waals surface area contributed by atoms with Crippen LogP contribution in [0, 0.1) is 5.82 Å². The van der Waals surface area contributed by atoms with Gasteiger partial charge >= 0.3 is 12.1 Å². The fraction of sp³-hybridized carbons (Fsp3) is 0.103. The molecule has 2 N–H and O–H groups in total. The predicted molar refractivity (Wildman–Crippen MR) is 142 cm³/mol. The quantitative estimate of drug-likeness (QED) is 0.201. The van der Waals surface area contributed by atoms with Gasteiger partial charge in [-0.15, -0.1) is 0 Å². The van der Waals surface area contributed by atoms with Crippen LogP contribution in [0.1, 0.15) is 16.7 Å². The van der Waals surface area contributed by atoms with Gasteiger partial charge in [-0.25, -0.2) is 4.39 Å². The summed E-state index contributed by atoms with van der Waals surface area (Å²) in [5.74, 6) is -1.53. The minimum atomic E-state index is -4.62. The average Bonchev–Trinajstić information content (AvgIpc) is 3.23. The number of anilines is 2. The van der Waals surface area contributed by atoms with E-state index in [2.05, 4.69) is 10.4 Å². The summed E-state index contributed by atoms with van der Waals surface area (Å²) in [6, 6.07) is 21.9. The van der Waals surface area contributed by atoms with Gasteiger partial charge in [0, 0.05) is 32.9 Å². The normalized spacial score (nSPS) is 11.6. The van der Waals surface area contributed by atoms with Crippen molar-refractivity contribution < 1.29 is 27.5 Å². The number of carboxylic acid groups (broad SMARTS) is 1. The molecule has 39 heavy (non-hydrogen) atoms. The molecule has 1 heterocycles. The Morgan fingerprint density at radius 1 is 0.949 bits per heavy atom. The SMILES string of the molecule is O=C(O)Cc1cccc(Nc2ccc(-c3c4cccc(C(F)(F)F)c4nn3Cc3ccc(Cl)cc3F)cc2)c1. The number of hydrogen-bond acceptors (Lipinski definition) is 3. The molecule has 0 saturated carbocycles. The third kappa shape index (κ3) is 5.73. The lowest BCUT2D eigenvalue weighted by atomic mass is 10.0. The lowest BCUT2D eigenvalue weighted by Crippen LogP contribution is -2.07. The molecule has 198 valence electrons. The Kier molecular flexibility index (Phi) is 7.01. The van der Waals surface area contributed by atoms with Crippen LogP contribution in [0.25, 0.3) is 22.2 Å². The van der Waals surface area contributed by atoms with E-state index < -0.39 is 23.5 Å². The predicted octanol–water partition coefficient (Wildman–Crippen LogP) is 7.93. The maximum Gasteiger partial charge on any atom is 0.418 e. The maximum absolute atomic E-state index is 14.6. The van der Waals surface area contributed by atoms with Crippen LogP contribution in [-0.4, -0.2) is 20.9 Å². The summed E-state index contributed by atoms with van der Waals surface area (Å²) in [5.41, 5.74) is 2.10. The lowest BCUT2D eigenvalue weighted by molar-refractivity contribution is -0.137. The molecule has 1 aromatic heterocycles. The number of aromatic nitrogens is 2. The highest BCUT2D eigenvalue weighted by Crippen LogP contribution is 2.38. The average molecular weight is 554 g/mol. The molecule has 0 bridgehead atoms. The summed E-state index contributed by atoms with van der Waals surface area (Å²) < 4.78 is 57.3. The molecule has 5 aromatic rings. The van der Waals surface area contributed by atoms with Crippen LogP contribution in [0.5, 0.6) is 0 Å². The number of benzene rings is 4. The molecule has 0 amide bonds. The number of nitrogens with one attached hydrogen (secondary N) is 1. The number of fused-ring (bicyclic) bond motifs is 1. The number of aliphatic carboxylic acids is 1. The molecule has 5 rings (SSSR count). The summed E-state index contributed by atoms with van der Waals surface area (Å²) >= 11 is 5.87. The van der Waals surface area contributed by atoms with E-state index >= 15 is 0 Å². The molecule has 0 aliphatic rings. The number of rotatable bonds is 7. The first kappa shape index (κ1) is 26.2. The van der Waals surface area contributed by atoms with Crippen LogP contribution in [0.2, 0.25) is 5.02 Å². The number of alkyl halides is 3. The van der Waals surface area contributed by atoms with Crippen LogP contribution in [0.3, 0.4) is 0 Å². The second-order valence-corrected chi connectivity index (χ2v) is 9.35. The summed E-state index contributed by atoms with van der Waals surface area (Å²) in [6.07, 6.45) is -4.73. The molecule has 0 radical (unpaired) electrons. The minimum Gasteiger partial charge on any atom is -0.481 e.